The van der Waals surface area contributed by atoms with Crippen LogP contribution in [0.1, 0.15) is 22.8 Å². The molecule has 6 nitrogen and oxygen atoms in total. The molecule has 0 spiro atoms. The van der Waals surface area contributed by atoms with Crippen molar-refractivity contribution in [3.8, 4) is 11.5 Å². The van der Waals surface area contributed by atoms with E-state index in [1.165, 1.54) is 14.2 Å². The average Bonchev–Trinajstić information content (AvgIpc) is 2.99. The number of benzene rings is 1. The zero-order valence-electron chi connectivity index (χ0n) is 12.4. The predicted octanol–water partition coefficient (Wildman–Crippen LogP) is 1.85. The van der Waals surface area contributed by atoms with Crippen LogP contribution >= 0.6 is 0 Å². The van der Waals surface area contributed by atoms with Gasteiger partial charge in [-0.25, -0.2) is 0 Å². The summed E-state index contributed by atoms with van der Waals surface area (Å²) in [4.78, 5) is 12.4. The van der Waals surface area contributed by atoms with Crippen LogP contribution in [0.25, 0.3) is 0 Å². The summed E-state index contributed by atoms with van der Waals surface area (Å²) in [6.45, 7) is 3.21. The van der Waals surface area contributed by atoms with E-state index in [9.17, 15) is 4.79 Å². The molecular weight excluding hydrogens is 270 g/mol. The number of rotatable bonds is 6. The van der Waals surface area contributed by atoms with Crippen LogP contribution in [0.3, 0.4) is 0 Å². The molecule has 0 atom stereocenters. The van der Waals surface area contributed by atoms with E-state index in [0.29, 0.717) is 23.6 Å². The van der Waals surface area contributed by atoms with Crippen LogP contribution in [-0.2, 0) is 13.1 Å². The molecule has 0 bridgehead atoms. The molecule has 0 fully saturated rings. The third-order valence-corrected chi connectivity index (χ3v) is 3.12. The maximum Gasteiger partial charge on any atom is 0.259 e. The van der Waals surface area contributed by atoms with Crippen LogP contribution in [0.2, 0.25) is 0 Å². The third kappa shape index (κ3) is 3.34. The maximum absolute atomic E-state index is 12.4. The highest BCUT2D eigenvalue weighted by Crippen LogP contribution is 2.27. The zero-order valence-corrected chi connectivity index (χ0v) is 12.4. The minimum absolute atomic E-state index is 0.242. The van der Waals surface area contributed by atoms with Crippen molar-refractivity contribution >= 4 is 5.91 Å². The molecule has 0 aliphatic rings. The molecule has 2 rings (SSSR count). The molecule has 112 valence electrons. The quantitative estimate of drug-likeness (QED) is 0.881. The topological polar surface area (TPSA) is 65.4 Å². The van der Waals surface area contributed by atoms with Gasteiger partial charge in [-0.05, 0) is 19.1 Å². The number of methoxy groups -OCH3 is 2. The van der Waals surface area contributed by atoms with E-state index in [1.54, 1.807) is 24.4 Å². The summed E-state index contributed by atoms with van der Waals surface area (Å²) in [6.07, 6.45) is 3.64. The second-order valence-electron chi connectivity index (χ2n) is 4.42. The maximum atomic E-state index is 12.4. The molecule has 0 saturated heterocycles. The lowest BCUT2D eigenvalue weighted by molar-refractivity contribution is 0.0944. The van der Waals surface area contributed by atoms with Gasteiger partial charge in [0.25, 0.3) is 5.91 Å². The summed E-state index contributed by atoms with van der Waals surface area (Å²) in [7, 11) is 3.05. The Morgan fingerprint density at radius 1 is 1.29 bits per heavy atom. The molecule has 1 aromatic carbocycles. The number of ether oxygens (including phenoxy) is 2. The minimum atomic E-state index is -0.242. The van der Waals surface area contributed by atoms with Gasteiger partial charge in [0.05, 0.1) is 20.4 Å². The molecule has 0 saturated carbocycles. The number of nitrogens with zero attached hydrogens (tertiary/aromatic N) is 2. The van der Waals surface area contributed by atoms with Crippen molar-refractivity contribution < 1.29 is 14.3 Å². The molecule has 0 aliphatic carbocycles. The Balaban J connectivity index is 2.13. The average molecular weight is 289 g/mol. The van der Waals surface area contributed by atoms with Crippen LogP contribution in [-0.4, -0.2) is 29.9 Å². The van der Waals surface area contributed by atoms with E-state index in [-0.39, 0.29) is 5.91 Å². The second-order valence-corrected chi connectivity index (χ2v) is 4.42. The van der Waals surface area contributed by atoms with E-state index in [0.717, 1.165) is 12.1 Å². The predicted molar refractivity (Wildman–Crippen MR) is 78.6 cm³/mol. The van der Waals surface area contributed by atoms with E-state index >= 15 is 0 Å². The smallest absolute Gasteiger partial charge is 0.259 e. The van der Waals surface area contributed by atoms with E-state index in [1.807, 2.05) is 17.8 Å². The Labute approximate surface area is 123 Å². The molecule has 0 aliphatic heterocycles. The number of hydrogen-bond donors (Lipinski definition) is 1. The summed E-state index contributed by atoms with van der Waals surface area (Å²) in [5.41, 5.74) is 1.34. The fraction of sp³-hybridized carbons (Fsp3) is 0.333. The number of amides is 1. The van der Waals surface area contributed by atoms with Gasteiger partial charge in [-0.3, -0.25) is 9.48 Å². The van der Waals surface area contributed by atoms with Crippen molar-refractivity contribution in [3.05, 3.63) is 41.7 Å². The first-order valence-electron chi connectivity index (χ1n) is 6.70. The van der Waals surface area contributed by atoms with E-state index in [2.05, 4.69) is 10.4 Å². The Bertz CT molecular complexity index is 600. The highest BCUT2D eigenvalue weighted by Gasteiger charge is 2.17. The summed E-state index contributed by atoms with van der Waals surface area (Å²) in [5.74, 6) is 0.723. The Morgan fingerprint density at radius 3 is 2.48 bits per heavy atom. The van der Waals surface area contributed by atoms with Crippen molar-refractivity contribution in [1.82, 2.24) is 15.1 Å². The lowest BCUT2D eigenvalue weighted by Gasteiger charge is -2.12. The number of carbonyl (C=O) groups is 1. The first-order valence-corrected chi connectivity index (χ1v) is 6.70. The Kier molecular flexibility index (Phi) is 4.81. The normalized spacial score (nSPS) is 10.2. The summed E-state index contributed by atoms with van der Waals surface area (Å²) in [5, 5.41) is 7.02. The molecule has 2 aromatic rings. The van der Waals surface area contributed by atoms with Crippen molar-refractivity contribution in [2.45, 2.75) is 20.0 Å². The number of carbonyl (C=O) groups excluding carboxylic acids is 1. The van der Waals surface area contributed by atoms with Gasteiger partial charge in [-0.1, -0.05) is 6.07 Å². The van der Waals surface area contributed by atoms with Crippen LogP contribution < -0.4 is 14.8 Å². The molecule has 21 heavy (non-hydrogen) atoms. The van der Waals surface area contributed by atoms with Gasteiger partial charge in [-0.2, -0.15) is 5.10 Å². The van der Waals surface area contributed by atoms with Crippen LogP contribution in [0.4, 0.5) is 0 Å². The largest absolute Gasteiger partial charge is 0.496 e. The molecule has 0 radical (unpaired) electrons. The highest BCUT2D eigenvalue weighted by atomic mass is 16.5. The van der Waals surface area contributed by atoms with Crippen molar-refractivity contribution in [3.63, 3.8) is 0 Å². The van der Waals surface area contributed by atoms with Crippen LogP contribution in [0, 0.1) is 0 Å². The second kappa shape index (κ2) is 6.78. The number of aromatic nitrogens is 2. The number of nitrogens with one attached hydrogen (secondary N) is 1. The summed E-state index contributed by atoms with van der Waals surface area (Å²) < 4.78 is 12.3. The third-order valence-electron chi connectivity index (χ3n) is 3.12. The molecule has 1 heterocycles. The first-order chi connectivity index (χ1) is 10.2. The highest BCUT2D eigenvalue weighted by molar-refractivity contribution is 5.99. The Morgan fingerprint density at radius 2 is 1.95 bits per heavy atom. The van der Waals surface area contributed by atoms with Crippen LogP contribution in [0.5, 0.6) is 11.5 Å². The molecular formula is C15H19N3O3. The molecule has 6 heteroatoms. The van der Waals surface area contributed by atoms with Gasteiger partial charge in [0.15, 0.2) is 0 Å². The molecule has 1 amide bonds. The first kappa shape index (κ1) is 14.9. The number of hydrogen-bond acceptors (Lipinski definition) is 4. The van der Waals surface area contributed by atoms with Gasteiger partial charge in [-0.15, -0.1) is 0 Å². The molecule has 0 unspecified atom stereocenters. The zero-order chi connectivity index (χ0) is 15.2. The van der Waals surface area contributed by atoms with E-state index < -0.39 is 0 Å². The fourth-order valence-electron chi connectivity index (χ4n) is 2.02. The fourth-order valence-corrected chi connectivity index (χ4v) is 2.02. The molecule has 1 N–H and O–H groups in total. The summed E-state index contributed by atoms with van der Waals surface area (Å²) >= 11 is 0. The van der Waals surface area contributed by atoms with Crippen LogP contribution in [0.15, 0.2) is 30.6 Å². The van der Waals surface area contributed by atoms with Gasteiger partial charge in [0.2, 0.25) is 0 Å². The summed E-state index contributed by atoms with van der Waals surface area (Å²) in [6, 6.07) is 5.23. The lowest BCUT2D eigenvalue weighted by Crippen LogP contribution is -2.23. The molecule has 1 aromatic heterocycles. The van der Waals surface area contributed by atoms with Crippen molar-refractivity contribution in [2.24, 2.45) is 0 Å². The van der Waals surface area contributed by atoms with Gasteiger partial charge < -0.3 is 14.8 Å². The minimum Gasteiger partial charge on any atom is -0.496 e. The van der Waals surface area contributed by atoms with Gasteiger partial charge in [0, 0.05) is 24.8 Å². The number of aryl methyl sites for hydroxylation is 1. The van der Waals surface area contributed by atoms with Crippen molar-refractivity contribution in [1.29, 1.82) is 0 Å². The van der Waals surface area contributed by atoms with Gasteiger partial charge in [0.1, 0.15) is 17.1 Å². The Hall–Kier alpha value is -2.50. The van der Waals surface area contributed by atoms with Crippen molar-refractivity contribution in [2.75, 3.05) is 14.2 Å². The van der Waals surface area contributed by atoms with Gasteiger partial charge >= 0.3 is 0 Å². The monoisotopic (exact) mass is 289 g/mol. The van der Waals surface area contributed by atoms with E-state index in [4.69, 9.17) is 9.47 Å². The lowest BCUT2D eigenvalue weighted by atomic mass is 10.1. The standard InChI is InChI=1S/C15H19N3O3/c1-4-18-10-11(9-17-18)8-16-15(19)14-12(20-2)6-5-7-13(14)21-3/h5-7,9-10H,4,8H2,1-3H3,(H,16,19). The SMILES string of the molecule is CCn1cc(CNC(=O)c2c(OC)cccc2OC)cn1.